The Morgan fingerprint density at radius 2 is 2.17 bits per heavy atom. The molecule has 3 heterocycles. The second kappa shape index (κ2) is 7.73. The van der Waals surface area contributed by atoms with Gasteiger partial charge in [0.2, 0.25) is 0 Å². The summed E-state index contributed by atoms with van der Waals surface area (Å²) < 4.78 is 0. The maximum absolute atomic E-state index is 4.63. The molecule has 0 spiro atoms. The summed E-state index contributed by atoms with van der Waals surface area (Å²) >= 11 is 0. The Morgan fingerprint density at radius 1 is 1.29 bits per heavy atom. The highest BCUT2D eigenvalue weighted by atomic mass is 15.2. The Morgan fingerprint density at radius 3 is 2.83 bits per heavy atom. The topological polar surface area (TPSA) is 44.3 Å². The van der Waals surface area contributed by atoms with E-state index in [4.69, 9.17) is 0 Å². The third-order valence-electron chi connectivity index (χ3n) is 4.75. The van der Waals surface area contributed by atoms with Crippen LogP contribution >= 0.6 is 0 Å². The fraction of sp³-hybridized carbons (Fsp3) is 0.474. The minimum Gasteiger partial charge on any atom is -0.357 e. The maximum atomic E-state index is 4.63. The number of aromatic nitrogens is 2. The van der Waals surface area contributed by atoms with E-state index in [9.17, 15) is 0 Å². The molecule has 1 aliphatic rings. The van der Waals surface area contributed by atoms with Crippen molar-refractivity contribution in [3.05, 3.63) is 54.0 Å². The van der Waals surface area contributed by atoms with Crippen LogP contribution in [0.25, 0.3) is 0 Å². The molecule has 0 saturated carbocycles. The molecule has 128 valence electrons. The summed E-state index contributed by atoms with van der Waals surface area (Å²) in [7, 11) is 2.08. The first-order valence-corrected chi connectivity index (χ1v) is 8.67. The van der Waals surface area contributed by atoms with E-state index in [-0.39, 0.29) is 0 Å². The van der Waals surface area contributed by atoms with Gasteiger partial charge < -0.3 is 10.2 Å². The van der Waals surface area contributed by atoms with Gasteiger partial charge in [0, 0.05) is 63.9 Å². The minimum atomic E-state index is 0.366. The van der Waals surface area contributed by atoms with Crippen molar-refractivity contribution in [3.63, 3.8) is 0 Å². The van der Waals surface area contributed by atoms with Gasteiger partial charge in [0.25, 0.3) is 0 Å². The first-order chi connectivity index (χ1) is 11.6. The molecule has 0 bridgehead atoms. The van der Waals surface area contributed by atoms with Crippen LogP contribution in [0.4, 0.5) is 5.82 Å². The molecule has 1 atom stereocenters. The number of hydrogen-bond donors (Lipinski definition) is 1. The summed E-state index contributed by atoms with van der Waals surface area (Å²) in [5.41, 5.74) is 2.53. The molecule has 1 fully saturated rings. The Bertz CT molecular complexity index is 626. The molecule has 0 aliphatic carbocycles. The molecule has 2 aromatic rings. The quantitative estimate of drug-likeness (QED) is 0.915. The van der Waals surface area contributed by atoms with Crippen molar-refractivity contribution >= 4 is 5.82 Å². The number of piperazine rings is 1. The highest BCUT2D eigenvalue weighted by Crippen LogP contribution is 2.23. The van der Waals surface area contributed by atoms with Gasteiger partial charge in [0.15, 0.2) is 0 Å². The number of rotatable bonds is 5. The van der Waals surface area contributed by atoms with Gasteiger partial charge in [-0.3, -0.25) is 9.88 Å². The van der Waals surface area contributed by atoms with Crippen LogP contribution in [0.1, 0.15) is 31.0 Å². The Kier molecular flexibility index (Phi) is 5.43. The largest absolute Gasteiger partial charge is 0.357 e. The third kappa shape index (κ3) is 3.91. The van der Waals surface area contributed by atoms with Crippen molar-refractivity contribution in [2.45, 2.75) is 32.5 Å². The molecule has 0 radical (unpaired) electrons. The predicted octanol–water partition coefficient (Wildman–Crippen LogP) is 2.47. The highest BCUT2D eigenvalue weighted by molar-refractivity contribution is 5.39. The summed E-state index contributed by atoms with van der Waals surface area (Å²) in [4.78, 5) is 13.6. The van der Waals surface area contributed by atoms with Gasteiger partial charge in [-0.1, -0.05) is 12.1 Å². The van der Waals surface area contributed by atoms with Gasteiger partial charge >= 0.3 is 0 Å². The van der Waals surface area contributed by atoms with Crippen LogP contribution in [-0.4, -0.2) is 47.6 Å². The molecular weight excluding hydrogens is 298 g/mol. The van der Waals surface area contributed by atoms with Crippen LogP contribution < -0.4 is 10.2 Å². The van der Waals surface area contributed by atoms with Gasteiger partial charge in [-0.05, 0) is 37.1 Å². The zero-order valence-electron chi connectivity index (χ0n) is 14.8. The van der Waals surface area contributed by atoms with E-state index in [1.807, 2.05) is 24.7 Å². The molecule has 0 amide bonds. The van der Waals surface area contributed by atoms with E-state index in [1.165, 1.54) is 11.1 Å². The number of hydrogen-bond acceptors (Lipinski definition) is 5. The van der Waals surface area contributed by atoms with Crippen LogP contribution in [0.15, 0.2) is 42.9 Å². The Balaban J connectivity index is 1.71. The minimum absolute atomic E-state index is 0.366. The SMILES string of the molecule is CC(C)N(C)c1ccc(CN2CCNCC2c2cccnc2)cn1. The van der Waals surface area contributed by atoms with Crippen LogP contribution in [0, 0.1) is 0 Å². The average Bonchev–Trinajstić information content (AvgIpc) is 2.63. The number of nitrogens with zero attached hydrogens (tertiary/aromatic N) is 4. The van der Waals surface area contributed by atoms with E-state index < -0.39 is 0 Å². The lowest BCUT2D eigenvalue weighted by atomic mass is 10.0. The van der Waals surface area contributed by atoms with Crippen LogP contribution in [-0.2, 0) is 6.54 Å². The van der Waals surface area contributed by atoms with Gasteiger partial charge in [-0.15, -0.1) is 0 Å². The first-order valence-electron chi connectivity index (χ1n) is 8.67. The molecule has 2 aromatic heterocycles. The van der Waals surface area contributed by atoms with Crippen LogP contribution in [0.2, 0.25) is 0 Å². The summed E-state index contributed by atoms with van der Waals surface area (Å²) in [6.45, 7) is 8.29. The van der Waals surface area contributed by atoms with Gasteiger partial charge in [-0.25, -0.2) is 4.98 Å². The fourth-order valence-corrected chi connectivity index (χ4v) is 3.06. The van der Waals surface area contributed by atoms with Crippen molar-refractivity contribution in [1.29, 1.82) is 0 Å². The number of nitrogens with one attached hydrogen (secondary N) is 1. The smallest absolute Gasteiger partial charge is 0.128 e. The normalized spacial score (nSPS) is 18.8. The molecule has 1 saturated heterocycles. The van der Waals surface area contributed by atoms with Crippen molar-refractivity contribution < 1.29 is 0 Å². The first kappa shape index (κ1) is 16.9. The van der Waals surface area contributed by atoms with Crippen molar-refractivity contribution in [2.75, 3.05) is 31.6 Å². The Hall–Kier alpha value is -1.98. The maximum Gasteiger partial charge on any atom is 0.128 e. The summed E-state index contributed by atoms with van der Waals surface area (Å²) in [6, 6.07) is 9.31. The Labute approximate surface area is 144 Å². The zero-order chi connectivity index (χ0) is 16.9. The highest BCUT2D eigenvalue weighted by Gasteiger charge is 2.24. The fourth-order valence-electron chi connectivity index (χ4n) is 3.06. The molecule has 24 heavy (non-hydrogen) atoms. The second-order valence-corrected chi connectivity index (χ2v) is 6.71. The summed E-state index contributed by atoms with van der Waals surface area (Å²) in [5.74, 6) is 1.03. The predicted molar refractivity (Wildman–Crippen MR) is 98.0 cm³/mol. The molecular formula is C19H27N5. The van der Waals surface area contributed by atoms with Crippen LogP contribution in [0.3, 0.4) is 0 Å². The lowest BCUT2D eigenvalue weighted by Crippen LogP contribution is -2.45. The second-order valence-electron chi connectivity index (χ2n) is 6.71. The molecule has 1 N–H and O–H groups in total. The summed E-state index contributed by atoms with van der Waals surface area (Å²) in [5, 5.41) is 3.49. The zero-order valence-corrected chi connectivity index (χ0v) is 14.8. The third-order valence-corrected chi connectivity index (χ3v) is 4.75. The lowest BCUT2D eigenvalue weighted by Gasteiger charge is -2.36. The van der Waals surface area contributed by atoms with Crippen molar-refractivity contribution in [3.8, 4) is 0 Å². The van der Waals surface area contributed by atoms with Crippen LogP contribution in [0.5, 0.6) is 0 Å². The average molecular weight is 325 g/mol. The molecule has 5 nitrogen and oxygen atoms in total. The monoisotopic (exact) mass is 325 g/mol. The molecule has 0 aromatic carbocycles. The lowest BCUT2D eigenvalue weighted by molar-refractivity contribution is 0.153. The molecule has 5 heteroatoms. The van der Waals surface area contributed by atoms with E-state index in [2.05, 4.69) is 64.2 Å². The molecule has 1 unspecified atom stereocenters. The number of anilines is 1. The number of pyridine rings is 2. The van der Waals surface area contributed by atoms with Crippen molar-refractivity contribution in [1.82, 2.24) is 20.2 Å². The van der Waals surface area contributed by atoms with E-state index >= 15 is 0 Å². The van der Waals surface area contributed by atoms with E-state index in [0.29, 0.717) is 12.1 Å². The van der Waals surface area contributed by atoms with Gasteiger partial charge in [0.1, 0.15) is 5.82 Å². The van der Waals surface area contributed by atoms with Gasteiger partial charge in [-0.2, -0.15) is 0 Å². The van der Waals surface area contributed by atoms with Gasteiger partial charge in [0.05, 0.1) is 0 Å². The van der Waals surface area contributed by atoms with E-state index in [0.717, 1.165) is 32.0 Å². The summed E-state index contributed by atoms with van der Waals surface area (Å²) in [6.07, 6.45) is 5.82. The standard InChI is InChI=1S/C19H27N5/c1-15(2)23(3)19-7-6-16(11-22-19)14-24-10-9-21-13-18(24)17-5-4-8-20-12-17/h4-8,11-12,15,18,21H,9-10,13-14H2,1-3H3. The molecule has 1 aliphatic heterocycles. The van der Waals surface area contributed by atoms with Crippen molar-refractivity contribution in [2.24, 2.45) is 0 Å². The molecule has 3 rings (SSSR count). The van der Waals surface area contributed by atoms with E-state index in [1.54, 1.807) is 0 Å².